The van der Waals surface area contributed by atoms with Crippen molar-refractivity contribution in [3.05, 3.63) is 0 Å². The summed E-state index contributed by atoms with van der Waals surface area (Å²) in [6, 6.07) is 0.746. The van der Waals surface area contributed by atoms with Crippen molar-refractivity contribution >= 4 is 0 Å². The summed E-state index contributed by atoms with van der Waals surface area (Å²) in [5, 5.41) is 0. The highest BCUT2D eigenvalue weighted by Crippen LogP contribution is 2.13. The zero-order valence-corrected chi connectivity index (χ0v) is 7.95. The van der Waals surface area contributed by atoms with E-state index >= 15 is 0 Å². The maximum absolute atomic E-state index is 5.89. The molecule has 0 aromatic rings. The Balaban J connectivity index is 1.88. The molecular weight excluding hydrogens is 168 g/mol. The molecule has 0 spiro atoms. The number of hydrogen-bond acceptors (Lipinski definition) is 4. The highest BCUT2D eigenvalue weighted by atomic mass is 16.5. The van der Waals surface area contributed by atoms with E-state index in [0.717, 1.165) is 39.3 Å². The van der Waals surface area contributed by atoms with Crippen LogP contribution in [-0.4, -0.2) is 56.5 Å². The fraction of sp³-hybridized carbons (Fsp3) is 1.00. The number of ether oxygens (including phenoxy) is 2. The van der Waals surface area contributed by atoms with E-state index in [0.29, 0.717) is 12.6 Å². The predicted molar refractivity (Wildman–Crippen MR) is 49.6 cm³/mol. The van der Waals surface area contributed by atoms with Gasteiger partial charge in [-0.1, -0.05) is 0 Å². The first kappa shape index (κ1) is 9.40. The molecule has 0 aromatic carbocycles. The van der Waals surface area contributed by atoms with Crippen molar-refractivity contribution < 1.29 is 9.47 Å². The molecule has 2 unspecified atom stereocenters. The Labute approximate surface area is 79.0 Å². The molecule has 0 amide bonds. The minimum Gasteiger partial charge on any atom is -0.380 e. The van der Waals surface area contributed by atoms with E-state index in [-0.39, 0.29) is 6.04 Å². The van der Waals surface area contributed by atoms with Crippen LogP contribution in [0.3, 0.4) is 0 Å². The van der Waals surface area contributed by atoms with Crippen LogP contribution in [-0.2, 0) is 9.47 Å². The standard InChI is InChI=1S/C9H18N2O2/c10-8-5-11(2-4-13-6-8)9-1-3-12-7-9/h8-9H,1-7,10H2. The summed E-state index contributed by atoms with van der Waals surface area (Å²) in [5.41, 5.74) is 5.89. The van der Waals surface area contributed by atoms with Crippen molar-refractivity contribution in [3.8, 4) is 0 Å². The Hall–Kier alpha value is -0.160. The van der Waals surface area contributed by atoms with Crippen LogP contribution in [0, 0.1) is 0 Å². The molecule has 2 atom stereocenters. The van der Waals surface area contributed by atoms with Gasteiger partial charge in [-0.05, 0) is 6.42 Å². The van der Waals surface area contributed by atoms with E-state index in [9.17, 15) is 0 Å². The van der Waals surface area contributed by atoms with Gasteiger partial charge in [-0.25, -0.2) is 0 Å². The van der Waals surface area contributed by atoms with Gasteiger partial charge in [0.15, 0.2) is 0 Å². The van der Waals surface area contributed by atoms with Crippen molar-refractivity contribution in [3.63, 3.8) is 0 Å². The van der Waals surface area contributed by atoms with E-state index in [1.807, 2.05) is 0 Å². The minimum atomic E-state index is 0.170. The number of nitrogens with zero attached hydrogens (tertiary/aromatic N) is 1. The molecule has 0 aliphatic carbocycles. The second-order valence-corrected chi connectivity index (χ2v) is 3.85. The molecule has 0 bridgehead atoms. The summed E-state index contributed by atoms with van der Waals surface area (Å²) in [4.78, 5) is 2.41. The minimum absolute atomic E-state index is 0.170. The third-order valence-electron chi connectivity index (χ3n) is 2.75. The lowest BCUT2D eigenvalue weighted by molar-refractivity contribution is 0.120. The van der Waals surface area contributed by atoms with Gasteiger partial charge in [0, 0.05) is 31.8 Å². The molecule has 2 fully saturated rings. The number of rotatable bonds is 1. The highest BCUT2D eigenvalue weighted by Gasteiger charge is 2.25. The number of hydrogen-bond donors (Lipinski definition) is 1. The Morgan fingerprint density at radius 1 is 1.15 bits per heavy atom. The Kier molecular flexibility index (Phi) is 3.16. The van der Waals surface area contributed by atoms with Crippen LogP contribution >= 0.6 is 0 Å². The fourth-order valence-electron chi connectivity index (χ4n) is 2.00. The molecule has 0 saturated carbocycles. The van der Waals surface area contributed by atoms with E-state index < -0.39 is 0 Å². The summed E-state index contributed by atoms with van der Waals surface area (Å²) in [7, 11) is 0. The van der Waals surface area contributed by atoms with Crippen LogP contribution in [0.4, 0.5) is 0 Å². The SMILES string of the molecule is NC1COCCN(C2CCOC2)C1. The van der Waals surface area contributed by atoms with Gasteiger partial charge in [0.05, 0.1) is 19.8 Å². The smallest absolute Gasteiger partial charge is 0.0630 e. The van der Waals surface area contributed by atoms with E-state index in [1.165, 1.54) is 0 Å². The third-order valence-corrected chi connectivity index (χ3v) is 2.75. The first-order valence-electron chi connectivity index (χ1n) is 5.01. The lowest BCUT2D eigenvalue weighted by Gasteiger charge is -2.26. The summed E-state index contributed by atoms with van der Waals surface area (Å²) < 4.78 is 10.8. The summed E-state index contributed by atoms with van der Waals surface area (Å²) in [6.45, 7) is 5.23. The van der Waals surface area contributed by atoms with Gasteiger partial charge in [0.1, 0.15) is 0 Å². The monoisotopic (exact) mass is 186 g/mol. The molecule has 0 radical (unpaired) electrons. The zero-order valence-electron chi connectivity index (χ0n) is 7.95. The molecule has 2 N–H and O–H groups in total. The van der Waals surface area contributed by atoms with Gasteiger partial charge < -0.3 is 15.2 Å². The molecule has 2 heterocycles. The third kappa shape index (κ3) is 2.40. The maximum atomic E-state index is 5.89. The number of nitrogens with two attached hydrogens (primary N) is 1. The largest absolute Gasteiger partial charge is 0.380 e. The molecule has 13 heavy (non-hydrogen) atoms. The van der Waals surface area contributed by atoms with Crippen LogP contribution in [0.2, 0.25) is 0 Å². The van der Waals surface area contributed by atoms with Crippen LogP contribution in [0.15, 0.2) is 0 Å². The highest BCUT2D eigenvalue weighted by molar-refractivity contribution is 4.80. The van der Waals surface area contributed by atoms with Crippen molar-refractivity contribution in [2.75, 3.05) is 39.5 Å². The topological polar surface area (TPSA) is 47.7 Å². The molecular formula is C9H18N2O2. The fourth-order valence-corrected chi connectivity index (χ4v) is 2.00. The van der Waals surface area contributed by atoms with Crippen molar-refractivity contribution in [1.29, 1.82) is 0 Å². The lowest BCUT2D eigenvalue weighted by Crippen LogP contribution is -2.43. The lowest BCUT2D eigenvalue weighted by atomic mass is 10.2. The van der Waals surface area contributed by atoms with Crippen molar-refractivity contribution in [2.45, 2.75) is 18.5 Å². The van der Waals surface area contributed by atoms with Crippen LogP contribution < -0.4 is 5.73 Å². The molecule has 4 heteroatoms. The first-order valence-corrected chi connectivity index (χ1v) is 5.01. The Bertz CT molecular complexity index is 160. The van der Waals surface area contributed by atoms with Gasteiger partial charge in [-0.3, -0.25) is 4.90 Å². The molecule has 2 aliphatic rings. The summed E-state index contributed by atoms with van der Waals surface area (Å²) in [5.74, 6) is 0. The Morgan fingerprint density at radius 2 is 2.00 bits per heavy atom. The van der Waals surface area contributed by atoms with Gasteiger partial charge >= 0.3 is 0 Å². The van der Waals surface area contributed by atoms with Gasteiger partial charge in [0.25, 0.3) is 0 Å². The zero-order chi connectivity index (χ0) is 9.10. The predicted octanol–water partition coefficient (Wildman–Crippen LogP) is -0.565. The second kappa shape index (κ2) is 4.37. The molecule has 2 saturated heterocycles. The van der Waals surface area contributed by atoms with Crippen LogP contribution in [0.5, 0.6) is 0 Å². The van der Waals surface area contributed by atoms with Gasteiger partial charge in [-0.15, -0.1) is 0 Å². The normalized spacial score (nSPS) is 37.6. The molecule has 2 aliphatic heterocycles. The van der Waals surface area contributed by atoms with Crippen molar-refractivity contribution in [1.82, 2.24) is 4.90 Å². The van der Waals surface area contributed by atoms with Gasteiger partial charge in [0.2, 0.25) is 0 Å². The second-order valence-electron chi connectivity index (χ2n) is 3.85. The van der Waals surface area contributed by atoms with Crippen LogP contribution in [0.25, 0.3) is 0 Å². The first-order chi connectivity index (χ1) is 6.36. The van der Waals surface area contributed by atoms with Crippen molar-refractivity contribution in [2.24, 2.45) is 5.73 Å². The molecule has 4 nitrogen and oxygen atoms in total. The quantitative estimate of drug-likeness (QED) is 0.596. The average Bonchev–Trinajstić information content (AvgIpc) is 2.56. The van der Waals surface area contributed by atoms with E-state index in [2.05, 4.69) is 4.90 Å². The Morgan fingerprint density at radius 3 is 2.77 bits per heavy atom. The average molecular weight is 186 g/mol. The van der Waals surface area contributed by atoms with Gasteiger partial charge in [-0.2, -0.15) is 0 Å². The summed E-state index contributed by atoms with van der Waals surface area (Å²) >= 11 is 0. The molecule has 76 valence electrons. The maximum Gasteiger partial charge on any atom is 0.0630 e. The van der Waals surface area contributed by atoms with Crippen LogP contribution in [0.1, 0.15) is 6.42 Å². The van der Waals surface area contributed by atoms with E-state index in [1.54, 1.807) is 0 Å². The summed E-state index contributed by atoms with van der Waals surface area (Å²) in [6.07, 6.45) is 1.15. The molecule has 2 rings (SSSR count). The van der Waals surface area contributed by atoms with E-state index in [4.69, 9.17) is 15.2 Å². The molecule has 0 aromatic heterocycles.